The van der Waals surface area contributed by atoms with Gasteiger partial charge in [0.1, 0.15) is 17.5 Å². The third-order valence-corrected chi connectivity index (χ3v) is 1.69. The van der Waals surface area contributed by atoms with Crippen molar-refractivity contribution in [3.05, 3.63) is 5.56 Å². The van der Waals surface area contributed by atoms with E-state index in [0.717, 1.165) is 4.68 Å². The zero-order valence-electron chi connectivity index (χ0n) is 7.96. The average Bonchev–Trinajstić information content (AvgIpc) is 2.41. The molecule has 1 amide bonds. The minimum absolute atomic E-state index is 0.125. The molecule has 0 aliphatic rings. The van der Waals surface area contributed by atoms with Crippen LogP contribution in [-0.2, 0) is 11.8 Å². The Balaban J connectivity index is 3.04. The van der Waals surface area contributed by atoms with Crippen molar-refractivity contribution in [3.8, 4) is 6.07 Å². The quantitative estimate of drug-likeness (QED) is 0.732. The Hall–Kier alpha value is -2.24. The summed E-state index contributed by atoms with van der Waals surface area (Å²) in [6.45, 7) is 0. The molecule has 0 atom stereocenters. The molecule has 9 heteroatoms. The summed E-state index contributed by atoms with van der Waals surface area (Å²) in [5.41, 5.74) is 5.04. The third kappa shape index (κ3) is 2.05. The number of alkyl halides is 3. The molecule has 16 heavy (non-hydrogen) atoms. The largest absolute Gasteiger partial charge is 0.471 e. The van der Waals surface area contributed by atoms with Crippen LogP contribution in [0, 0.1) is 11.3 Å². The number of anilines is 2. The molecule has 0 radical (unpaired) electrons. The summed E-state index contributed by atoms with van der Waals surface area (Å²) in [7, 11) is 1.33. The zero-order chi connectivity index (χ0) is 12.5. The third-order valence-electron chi connectivity index (χ3n) is 1.69. The van der Waals surface area contributed by atoms with Gasteiger partial charge in [-0.25, -0.2) is 4.68 Å². The van der Waals surface area contributed by atoms with Gasteiger partial charge in [0.15, 0.2) is 5.82 Å². The maximum absolute atomic E-state index is 11.9. The van der Waals surface area contributed by atoms with E-state index in [9.17, 15) is 18.0 Å². The highest BCUT2D eigenvalue weighted by Crippen LogP contribution is 2.22. The number of rotatable bonds is 1. The van der Waals surface area contributed by atoms with Gasteiger partial charge in [-0.2, -0.15) is 23.5 Å². The van der Waals surface area contributed by atoms with Gasteiger partial charge in [-0.1, -0.05) is 0 Å². The Morgan fingerprint density at radius 2 is 2.19 bits per heavy atom. The van der Waals surface area contributed by atoms with Crippen LogP contribution < -0.4 is 11.1 Å². The van der Waals surface area contributed by atoms with Gasteiger partial charge in [0.2, 0.25) is 0 Å². The molecule has 86 valence electrons. The number of carbonyl (C=O) groups excluding carboxylic acids is 1. The highest BCUT2D eigenvalue weighted by Gasteiger charge is 2.39. The first-order chi connectivity index (χ1) is 7.27. The Morgan fingerprint density at radius 1 is 1.62 bits per heavy atom. The lowest BCUT2D eigenvalue weighted by atomic mass is 10.3. The van der Waals surface area contributed by atoms with Crippen LogP contribution in [0.3, 0.4) is 0 Å². The Labute approximate surface area is 87.4 Å². The van der Waals surface area contributed by atoms with Crippen LogP contribution in [0.25, 0.3) is 0 Å². The molecule has 0 unspecified atom stereocenters. The molecule has 3 N–H and O–H groups in total. The molecule has 0 spiro atoms. The molecule has 0 aromatic carbocycles. The minimum atomic E-state index is -5.04. The Morgan fingerprint density at radius 3 is 2.62 bits per heavy atom. The molecule has 1 rings (SSSR count). The number of amides is 1. The average molecular weight is 233 g/mol. The van der Waals surface area contributed by atoms with Gasteiger partial charge in [0.25, 0.3) is 0 Å². The van der Waals surface area contributed by atoms with E-state index < -0.39 is 17.9 Å². The van der Waals surface area contributed by atoms with Gasteiger partial charge in [0.05, 0.1) is 0 Å². The molecule has 1 aromatic heterocycles. The maximum atomic E-state index is 11.9. The van der Waals surface area contributed by atoms with Crippen molar-refractivity contribution >= 4 is 17.5 Å². The van der Waals surface area contributed by atoms with Gasteiger partial charge in [0, 0.05) is 7.05 Å². The number of aryl methyl sites for hydroxylation is 1. The molecule has 1 heterocycles. The molecule has 1 aromatic rings. The lowest BCUT2D eigenvalue weighted by Crippen LogP contribution is -2.30. The number of hydrogen-bond donors (Lipinski definition) is 2. The van der Waals surface area contributed by atoms with Gasteiger partial charge in [-0.3, -0.25) is 4.79 Å². The molecule has 0 saturated carbocycles. The van der Waals surface area contributed by atoms with Crippen LogP contribution in [0.5, 0.6) is 0 Å². The number of aromatic nitrogens is 2. The predicted octanol–water partition coefficient (Wildman–Crippen LogP) is 0.375. The summed E-state index contributed by atoms with van der Waals surface area (Å²) in [4.78, 5) is 10.6. The molecule has 6 nitrogen and oxygen atoms in total. The summed E-state index contributed by atoms with van der Waals surface area (Å²) in [5, 5.41) is 13.5. The SMILES string of the molecule is Cn1nc(NC(=O)C(F)(F)F)c(C#N)c1N. The number of halogens is 3. The van der Waals surface area contributed by atoms with Crippen LogP contribution in [0.2, 0.25) is 0 Å². The first-order valence-corrected chi connectivity index (χ1v) is 3.88. The van der Waals surface area contributed by atoms with Crippen LogP contribution in [0.4, 0.5) is 24.8 Å². The van der Waals surface area contributed by atoms with E-state index in [0.29, 0.717) is 0 Å². The zero-order valence-corrected chi connectivity index (χ0v) is 7.96. The smallest absolute Gasteiger partial charge is 0.383 e. The van der Waals surface area contributed by atoms with E-state index in [1.54, 1.807) is 6.07 Å². The molecule has 0 aliphatic heterocycles. The molecule has 0 saturated heterocycles. The summed E-state index contributed by atoms with van der Waals surface area (Å²) in [6.07, 6.45) is -5.04. The molecule has 0 bridgehead atoms. The van der Waals surface area contributed by atoms with Crippen molar-refractivity contribution < 1.29 is 18.0 Å². The molecule has 0 aliphatic carbocycles. The van der Waals surface area contributed by atoms with Crippen LogP contribution >= 0.6 is 0 Å². The Kier molecular flexibility index (Phi) is 2.76. The fraction of sp³-hybridized carbons (Fsp3) is 0.286. The van der Waals surface area contributed by atoms with Crippen molar-refractivity contribution in [1.29, 1.82) is 5.26 Å². The maximum Gasteiger partial charge on any atom is 0.471 e. The van der Waals surface area contributed by atoms with E-state index in [2.05, 4.69) is 5.10 Å². The number of nitrogens with one attached hydrogen (secondary N) is 1. The highest BCUT2D eigenvalue weighted by atomic mass is 19.4. The van der Waals surface area contributed by atoms with E-state index in [1.807, 2.05) is 0 Å². The lowest BCUT2D eigenvalue weighted by Gasteiger charge is -2.04. The number of nitrogens with two attached hydrogens (primary N) is 1. The van der Waals surface area contributed by atoms with Crippen molar-refractivity contribution in [2.75, 3.05) is 11.1 Å². The van der Waals surface area contributed by atoms with Gasteiger partial charge in [-0.15, -0.1) is 0 Å². The first-order valence-electron chi connectivity index (χ1n) is 3.88. The second-order valence-electron chi connectivity index (χ2n) is 2.80. The second-order valence-corrected chi connectivity index (χ2v) is 2.80. The summed E-state index contributed by atoms with van der Waals surface area (Å²) >= 11 is 0. The van der Waals surface area contributed by atoms with E-state index in [4.69, 9.17) is 11.0 Å². The number of nitrogen functional groups attached to an aromatic ring is 1. The number of nitriles is 1. The van der Waals surface area contributed by atoms with Crippen LogP contribution in [0.15, 0.2) is 0 Å². The van der Waals surface area contributed by atoms with Gasteiger partial charge >= 0.3 is 12.1 Å². The standard InChI is InChI=1S/C7H6F3N5O/c1-15-4(12)3(2-11)5(14-15)13-6(16)7(8,9)10/h12H2,1H3,(H,13,14,16). The van der Waals surface area contributed by atoms with E-state index >= 15 is 0 Å². The Bertz CT molecular complexity index is 470. The van der Waals surface area contributed by atoms with E-state index in [-0.39, 0.29) is 11.4 Å². The number of nitrogens with zero attached hydrogens (tertiary/aromatic N) is 3. The summed E-state index contributed by atoms with van der Waals surface area (Å²) in [5.74, 6) is -2.84. The van der Waals surface area contributed by atoms with Crippen LogP contribution in [0.1, 0.15) is 5.56 Å². The van der Waals surface area contributed by atoms with Crippen molar-refractivity contribution in [2.24, 2.45) is 7.05 Å². The fourth-order valence-corrected chi connectivity index (χ4v) is 0.913. The molecule has 0 fully saturated rings. The summed E-state index contributed by atoms with van der Waals surface area (Å²) in [6, 6.07) is 1.55. The highest BCUT2D eigenvalue weighted by molar-refractivity contribution is 5.95. The van der Waals surface area contributed by atoms with E-state index in [1.165, 1.54) is 12.4 Å². The second kappa shape index (κ2) is 3.73. The van der Waals surface area contributed by atoms with Gasteiger partial charge in [-0.05, 0) is 0 Å². The minimum Gasteiger partial charge on any atom is -0.383 e. The molecular weight excluding hydrogens is 227 g/mol. The monoisotopic (exact) mass is 233 g/mol. The van der Waals surface area contributed by atoms with Crippen molar-refractivity contribution in [1.82, 2.24) is 9.78 Å². The van der Waals surface area contributed by atoms with Crippen molar-refractivity contribution in [3.63, 3.8) is 0 Å². The topological polar surface area (TPSA) is 96.7 Å². The van der Waals surface area contributed by atoms with Crippen LogP contribution in [-0.4, -0.2) is 21.9 Å². The number of hydrogen-bond acceptors (Lipinski definition) is 4. The van der Waals surface area contributed by atoms with Crippen molar-refractivity contribution in [2.45, 2.75) is 6.18 Å². The lowest BCUT2D eigenvalue weighted by molar-refractivity contribution is -0.167. The summed E-state index contributed by atoms with van der Waals surface area (Å²) < 4.78 is 36.7. The number of carbonyl (C=O) groups is 1. The molecular formula is C7H6F3N5O. The first kappa shape index (κ1) is 11.8. The predicted molar refractivity (Wildman–Crippen MR) is 47.0 cm³/mol. The normalized spacial score (nSPS) is 10.9. The fourth-order valence-electron chi connectivity index (χ4n) is 0.913. The van der Waals surface area contributed by atoms with Gasteiger partial charge < -0.3 is 11.1 Å².